The summed E-state index contributed by atoms with van der Waals surface area (Å²) in [6, 6.07) is 8.87. The zero-order valence-corrected chi connectivity index (χ0v) is 9.83. The van der Waals surface area contributed by atoms with Crippen molar-refractivity contribution in [3.05, 3.63) is 53.6 Å². The van der Waals surface area contributed by atoms with Crippen LogP contribution in [0.5, 0.6) is 5.75 Å². The number of benzene rings is 1. The van der Waals surface area contributed by atoms with Gasteiger partial charge in [0.2, 0.25) is 0 Å². The van der Waals surface area contributed by atoms with Crippen LogP contribution in [0.4, 0.5) is 0 Å². The fourth-order valence-corrected chi connectivity index (χ4v) is 1.62. The second-order valence-electron chi connectivity index (χ2n) is 3.65. The SMILES string of the molecule is COc1ccccc1Cc1nccc(C(=O)O)n1. The lowest BCUT2D eigenvalue weighted by atomic mass is 10.1. The average Bonchev–Trinajstić information content (AvgIpc) is 2.39. The van der Waals surface area contributed by atoms with Gasteiger partial charge in [0.25, 0.3) is 0 Å². The van der Waals surface area contributed by atoms with Crippen LogP contribution in [0.25, 0.3) is 0 Å². The first kappa shape index (κ1) is 12.0. The van der Waals surface area contributed by atoms with E-state index in [9.17, 15) is 4.79 Å². The fourth-order valence-electron chi connectivity index (χ4n) is 1.62. The van der Waals surface area contributed by atoms with Gasteiger partial charge in [-0.15, -0.1) is 0 Å². The summed E-state index contributed by atoms with van der Waals surface area (Å²) in [4.78, 5) is 18.9. The number of carboxylic acids is 1. The van der Waals surface area contributed by atoms with Gasteiger partial charge < -0.3 is 9.84 Å². The Balaban J connectivity index is 2.28. The van der Waals surface area contributed by atoms with Gasteiger partial charge in [-0.25, -0.2) is 14.8 Å². The summed E-state index contributed by atoms with van der Waals surface area (Å²) >= 11 is 0. The van der Waals surface area contributed by atoms with E-state index in [0.717, 1.165) is 11.3 Å². The van der Waals surface area contributed by atoms with Gasteiger partial charge in [0.05, 0.1) is 7.11 Å². The number of carboxylic acid groups (broad SMARTS) is 1. The minimum absolute atomic E-state index is 0.00472. The maximum atomic E-state index is 10.8. The van der Waals surface area contributed by atoms with Crippen molar-refractivity contribution >= 4 is 5.97 Å². The standard InChI is InChI=1S/C13H12N2O3/c1-18-11-5-3-2-4-9(11)8-12-14-7-6-10(15-12)13(16)17/h2-7H,8H2,1H3,(H,16,17). The lowest BCUT2D eigenvalue weighted by Gasteiger charge is -2.07. The molecule has 5 nitrogen and oxygen atoms in total. The van der Waals surface area contributed by atoms with Gasteiger partial charge in [0.15, 0.2) is 5.69 Å². The zero-order chi connectivity index (χ0) is 13.0. The molecular formula is C13H12N2O3. The lowest BCUT2D eigenvalue weighted by Crippen LogP contribution is -2.05. The molecule has 0 aliphatic rings. The third-order valence-electron chi connectivity index (χ3n) is 2.47. The molecule has 0 atom stereocenters. The van der Waals surface area contributed by atoms with Crippen LogP contribution in [0.1, 0.15) is 21.9 Å². The van der Waals surface area contributed by atoms with E-state index in [1.54, 1.807) is 7.11 Å². The second-order valence-corrected chi connectivity index (χ2v) is 3.65. The van der Waals surface area contributed by atoms with Crippen molar-refractivity contribution in [2.45, 2.75) is 6.42 Å². The number of aromatic nitrogens is 2. The lowest BCUT2D eigenvalue weighted by molar-refractivity contribution is 0.0690. The molecule has 0 radical (unpaired) electrons. The van der Waals surface area contributed by atoms with Crippen LogP contribution in [0.2, 0.25) is 0 Å². The molecule has 18 heavy (non-hydrogen) atoms. The van der Waals surface area contributed by atoms with Crippen molar-refractivity contribution in [3.63, 3.8) is 0 Å². The molecule has 92 valence electrons. The fraction of sp³-hybridized carbons (Fsp3) is 0.154. The molecule has 0 saturated carbocycles. The van der Waals surface area contributed by atoms with Crippen molar-refractivity contribution in [1.29, 1.82) is 0 Å². The molecule has 1 aromatic heterocycles. The van der Waals surface area contributed by atoms with E-state index in [1.165, 1.54) is 12.3 Å². The first-order chi connectivity index (χ1) is 8.70. The number of ether oxygens (including phenoxy) is 1. The average molecular weight is 244 g/mol. The highest BCUT2D eigenvalue weighted by atomic mass is 16.5. The van der Waals surface area contributed by atoms with Crippen molar-refractivity contribution < 1.29 is 14.6 Å². The number of carbonyl (C=O) groups is 1. The van der Waals surface area contributed by atoms with E-state index in [-0.39, 0.29) is 5.69 Å². The van der Waals surface area contributed by atoms with Gasteiger partial charge in [-0.3, -0.25) is 0 Å². The molecule has 0 unspecified atom stereocenters. The highest BCUT2D eigenvalue weighted by Crippen LogP contribution is 2.19. The Morgan fingerprint density at radius 1 is 1.33 bits per heavy atom. The van der Waals surface area contributed by atoms with Crippen LogP contribution in [0.15, 0.2) is 36.5 Å². The summed E-state index contributed by atoms with van der Waals surface area (Å²) in [5, 5.41) is 8.86. The maximum Gasteiger partial charge on any atom is 0.354 e. The molecule has 1 N–H and O–H groups in total. The first-order valence-corrected chi connectivity index (χ1v) is 5.38. The van der Waals surface area contributed by atoms with Gasteiger partial charge in [-0.2, -0.15) is 0 Å². The summed E-state index contributed by atoms with van der Waals surface area (Å²) in [5.41, 5.74) is 0.914. The Morgan fingerprint density at radius 2 is 2.11 bits per heavy atom. The largest absolute Gasteiger partial charge is 0.496 e. The highest BCUT2D eigenvalue weighted by Gasteiger charge is 2.09. The molecule has 0 aliphatic carbocycles. The van der Waals surface area contributed by atoms with E-state index in [0.29, 0.717) is 12.2 Å². The molecule has 0 fully saturated rings. The van der Waals surface area contributed by atoms with Gasteiger partial charge in [-0.1, -0.05) is 18.2 Å². The topological polar surface area (TPSA) is 72.3 Å². The van der Waals surface area contributed by atoms with Crippen LogP contribution in [0, 0.1) is 0 Å². The first-order valence-electron chi connectivity index (χ1n) is 5.38. The summed E-state index contributed by atoms with van der Waals surface area (Å²) in [6.45, 7) is 0. The van der Waals surface area contributed by atoms with Crippen molar-refractivity contribution in [2.24, 2.45) is 0 Å². The van der Waals surface area contributed by atoms with Crippen LogP contribution in [-0.4, -0.2) is 28.2 Å². The van der Waals surface area contributed by atoms with Gasteiger partial charge >= 0.3 is 5.97 Å². The number of hydrogen-bond acceptors (Lipinski definition) is 4. The van der Waals surface area contributed by atoms with E-state index < -0.39 is 5.97 Å². The summed E-state index contributed by atoms with van der Waals surface area (Å²) in [5.74, 6) is 0.139. The number of methoxy groups -OCH3 is 1. The molecule has 0 amide bonds. The number of rotatable bonds is 4. The van der Waals surface area contributed by atoms with Gasteiger partial charge in [0.1, 0.15) is 11.6 Å². The zero-order valence-electron chi connectivity index (χ0n) is 9.83. The smallest absolute Gasteiger partial charge is 0.354 e. The van der Waals surface area contributed by atoms with Crippen LogP contribution in [0.3, 0.4) is 0 Å². The monoisotopic (exact) mass is 244 g/mol. The Morgan fingerprint density at radius 3 is 2.83 bits per heavy atom. The molecule has 2 rings (SSSR count). The summed E-state index contributed by atoms with van der Waals surface area (Å²) < 4.78 is 5.22. The Kier molecular flexibility index (Phi) is 3.52. The van der Waals surface area contributed by atoms with Crippen LogP contribution < -0.4 is 4.74 Å². The van der Waals surface area contributed by atoms with Gasteiger partial charge in [-0.05, 0) is 12.1 Å². The molecule has 0 spiro atoms. The summed E-state index contributed by atoms with van der Waals surface area (Å²) in [7, 11) is 1.59. The van der Waals surface area contributed by atoms with E-state index in [1.807, 2.05) is 24.3 Å². The molecule has 0 bridgehead atoms. The van der Waals surface area contributed by atoms with Gasteiger partial charge in [0, 0.05) is 18.2 Å². The third-order valence-corrected chi connectivity index (χ3v) is 2.47. The minimum Gasteiger partial charge on any atom is -0.496 e. The maximum absolute atomic E-state index is 10.8. The van der Waals surface area contributed by atoms with E-state index in [2.05, 4.69) is 9.97 Å². The molecular weight excluding hydrogens is 232 g/mol. The van der Waals surface area contributed by atoms with E-state index >= 15 is 0 Å². The highest BCUT2D eigenvalue weighted by molar-refractivity contribution is 5.85. The minimum atomic E-state index is -1.06. The van der Waals surface area contributed by atoms with E-state index in [4.69, 9.17) is 9.84 Å². The molecule has 1 heterocycles. The number of hydrogen-bond donors (Lipinski definition) is 1. The Bertz CT molecular complexity index is 570. The predicted octanol–water partition coefficient (Wildman–Crippen LogP) is 1.77. The van der Waals surface area contributed by atoms with Crippen LogP contribution in [-0.2, 0) is 6.42 Å². The van der Waals surface area contributed by atoms with Crippen LogP contribution >= 0.6 is 0 Å². The number of nitrogens with zero attached hydrogens (tertiary/aromatic N) is 2. The molecule has 5 heteroatoms. The van der Waals surface area contributed by atoms with Crippen molar-refractivity contribution in [1.82, 2.24) is 9.97 Å². The summed E-state index contributed by atoms with van der Waals surface area (Å²) in [6.07, 6.45) is 1.88. The van der Waals surface area contributed by atoms with Crippen molar-refractivity contribution in [3.8, 4) is 5.75 Å². The molecule has 1 aromatic carbocycles. The Hall–Kier alpha value is -2.43. The predicted molar refractivity (Wildman–Crippen MR) is 64.8 cm³/mol. The third kappa shape index (κ3) is 2.63. The normalized spacial score (nSPS) is 10.1. The second kappa shape index (κ2) is 5.27. The molecule has 2 aromatic rings. The number of para-hydroxylation sites is 1. The quantitative estimate of drug-likeness (QED) is 0.887. The molecule has 0 saturated heterocycles. The number of aromatic carboxylic acids is 1. The Labute approximate surface area is 104 Å². The molecule has 0 aliphatic heterocycles. The van der Waals surface area contributed by atoms with Crippen molar-refractivity contribution in [2.75, 3.05) is 7.11 Å².